The number of hydrogen-bond donors (Lipinski definition) is 1. The van der Waals surface area contributed by atoms with E-state index in [-0.39, 0.29) is 10.8 Å². The molecule has 0 atom stereocenters. The van der Waals surface area contributed by atoms with Gasteiger partial charge in [0.2, 0.25) is 10.0 Å². The van der Waals surface area contributed by atoms with Gasteiger partial charge in [-0.1, -0.05) is 0 Å². The fourth-order valence-electron chi connectivity index (χ4n) is 3.67. The van der Waals surface area contributed by atoms with E-state index in [0.717, 1.165) is 19.6 Å². The van der Waals surface area contributed by atoms with Gasteiger partial charge in [0, 0.05) is 31.7 Å². The van der Waals surface area contributed by atoms with Crippen molar-refractivity contribution in [1.29, 1.82) is 0 Å². The lowest BCUT2D eigenvalue weighted by atomic mass is 10.2. The highest BCUT2D eigenvalue weighted by Crippen LogP contribution is 2.13. The first-order valence-corrected chi connectivity index (χ1v) is 10.8. The smallest absolute Gasteiger partial charge is 0.253 e. The second-order valence-electron chi connectivity index (χ2n) is 7.11. The Bertz CT molecular complexity index is 706. The number of likely N-dealkylation sites (tertiary alicyclic amines) is 1. The van der Waals surface area contributed by atoms with Crippen molar-refractivity contribution in [1.82, 2.24) is 14.7 Å². The molecule has 2 aliphatic heterocycles. The number of piperazine rings is 1. The maximum Gasteiger partial charge on any atom is 0.253 e. The molecule has 0 saturated carbocycles. The van der Waals surface area contributed by atoms with Crippen molar-refractivity contribution in [2.45, 2.75) is 24.2 Å². The fraction of sp³-hybridized carbons (Fsp3) is 0.611. The van der Waals surface area contributed by atoms with Crippen molar-refractivity contribution in [3.05, 3.63) is 29.8 Å². The normalized spacial score (nSPS) is 19.8. The average molecular weight is 381 g/mol. The summed E-state index contributed by atoms with van der Waals surface area (Å²) in [6.07, 6.45) is 3.85. The summed E-state index contributed by atoms with van der Waals surface area (Å²) in [4.78, 5) is 19.4. The van der Waals surface area contributed by atoms with Crippen LogP contribution in [0.5, 0.6) is 0 Å². The van der Waals surface area contributed by atoms with Crippen molar-refractivity contribution in [3.8, 4) is 0 Å². The molecule has 0 aromatic heterocycles. The first kappa shape index (κ1) is 19.3. The molecule has 0 unspecified atom stereocenters. The van der Waals surface area contributed by atoms with Crippen LogP contribution in [-0.4, -0.2) is 81.4 Å². The summed E-state index contributed by atoms with van der Waals surface area (Å²) in [5.41, 5.74) is 0.500. The minimum atomic E-state index is -3.73. The molecule has 0 aliphatic carbocycles. The number of primary sulfonamides is 1. The lowest BCUT2D eigenvalue weighted by Gasteiger charge is -2.35. The topological polar surface area (TPSA) is 86.9 Å². The minimum Gasteiger partial charge on any atom is -0.336 e. The predicted octanol–water partition coefficient (Wildman–Crippen LogP) is 0.578. The number of rotatable bonds is 6. The van der Waals surface area contributed by atoms with Gasteiger partial charge in [-0.3, -0.25) is 9.69 Å². The van der Waals surface area contributed by atoms with Crippen LogP contribution in [0, 0.1) is 0 Å². The number of carbonyl (C=O) groups is 1. The second-order valence-corrected chi connectivity index (χ2v) is 8.67. The van der Waals surface area contributed by atoms with Crippen LogP contribution in [-0.2, 0) is 10.0 Å². The van der Waals surface area contributed by atoms with E-state index in [1.165, 1.54) is 63.2 Å². The zero-order valence-electron chi connectivity index (χ0n) is 15.1. The van der Waals surface area contributed by atoms with Crippen LogP contribution in [0.1, 0.15) is 29.6 Å². The quantitative estimate of drug-likeness (QED) is 0.780. The van der Waals surface area contributed by atoms with Gasteiger partial charge in [0.05, 0.1) is 4.90 Å². The summed E-state index contributed by atoms with van der Waals surface area (Å²) in [6, 6.07) is 5.84. The van der Waals surface area contributed by atoms with Gasteiger partial charge in [-0.25, -0.2) is 13.6 Å². The van der Waals surface area contributed by atoms with E-state index in [1.807, 2.05) is 4.90 Å². The molecule has 0 spiro atoms. The Morgan fingerprint density at radius 2 is 1.42 bits per heavy atom. The number of amides is 1. The number of nitrogens with two attached hydrogens (primary N) is 1. The molecule has 1 amide bonds. The van der Waals surface area contributed by atoms with Crippen molar-refractivity contribution < 1.29 is 13.2 Å². The van der Waals surface area contributed by atoms with E-state index in [0.29, 0.717) is 18.7 Å². The summed E-state index contributed by atoms with van der Waals surface area (Å²) in [5, 5.41) is 5.09. The highest BCUT2D eigenvalue weighted by atomic mass is 32.2. The number of hydrogen-bond acceptors (Lipinski definition) is 5. The summed E-state index contributed by atoms with van der Waals surface area (Å²) in [7, 11) is -3.73. The largest absolute Gasteiger partial charge is 0.336 e. The third-order valence-electron chi connectivity index (χ3n) is 5.24. The zero-order chi connectivity index (χ0) is 18.6. The molecule has 26 heavy (non-hydrogen) atoms. The first-order valence-electron chi connectivity index (χ1n) is 9.30. The van der Waals surface area contributed by atoms with Gasteiger partial charge < -0.3 is 9.80 Å². The van der Waals surface area contributed by atoms with Gasteiger partial charge in [0.1, 0.15) is 0 Å². The Morgan fingerprint density at radius 1 is 0.885 bits per heavy atom. The van der Waals surface area contributed by atoms with Crippen LogP contribution in [0.2, 0.25) is 0 Å². The van der Waals surface area contributed by atoms with Gasteiger partial charge in [0.15, 0.2) is 0 Å². The molecule has 0 radical (unpaired) electrons. The summed E-state index contributed by atoms with van der Waals surface area (Å²) < 4.78 is 22.6. The van der Waals surface area contributed by atoms with Crippen LogP contribution < -0.4 is 5.14 Å². The van der Waals surface area contributed by atoms with E-state index in [2.05, 4.69) is 9.80 Å². The molecule has 2 saturated heterocycles. The second kappa shape index (κ2) is 8.47. The van der Waals surface area contributed by atoms with E-state index in [9.17, 15) is 13.2 Å². The number of carbonyl (C=O) groups excluding carboxylic acids is 1. The predicted molar refractivity (Wildman–Crippen MR) is 100 cm³/mol. The molecule has 144 valence electrons. The average Bonchev–Trinajstić information content (AvgIpc) is 3.15. The Morgan fingerprint density at radius 3 is 1.96 bits per heavy atom. The maximum atomic E-state index is 12.6. The third-order valence-corrected chi connectivity index (χ3v) is 6.17. The van der Waals surface area contributed by atoms with Crippen LogP contribution in [0.3, 0.4) is 0 Å². The zero-order valence-corrected chi connectivity index (χ0v) is 16.0. The van der Waals surface area contributed by atoms with Crippen molar-refractivity contribution >= 4 is 15.9 Å². The molecular weight excluding hydrogens is 352 g/mol. The summed E-state index contributed by atoms with van der Waals surface area (Å²) >= 11 is 0. The molecule has 2 N–H and O–H groups in total. The van der Waals surface area contributed by atoms with Gasteiger partial charge in [0.25, 0.3) is 5.91 Å². The molecule has 7 nitrogen and oxygen atoms in total. The van der Waals surface area contributed by atoms with Gasteiger partial charge in [-0.15, -0.1) is 0 Å². The van der Waals surface area contributed by atoms with Crippen molar-refractivity contribution in [2.24, 2.45) is 5.14 Å². The van der Waals surface area contributed by atoms with Gasteiger partial charge in [-0.05, 0) is 69.7 Å². The molecule has 2 aliphatic rings. The molecule has 3 rings (SSSR count). The lowest BCUT2D eigenvalue weighted by Crippen LogP contribution is -2.49. The molecular formula is C18H28N4O3S. The van der Waals surface area contributed by atoms with E-state index in [4.69, 9.17) is 5.14 Å². The monoisotopic (exact) mass is 380 g/mol. The summed E-state index contributed by atoms with van der Waals surface area (Å²) in [6.45, 7) is 7.94. The minimum absolute atomic E-state index is 0.0249. The fourth-order valence-corrected chi connectivity index (χ4v) is 4.18. The number of benzene rings is 1. The van der Waals surface area contributed by atoms with Crippen LogP contribution in [0.15, 0.2) is 29.2 Å². The van der Waals surface area contributed by atoms with Gasteiger partial charge >= 0.3 is 0 Å². The number of sulfonamides is 1. The Kier molecular flexibility index (Phi) is 6.29. The SMILES string of the molecule is NS(=O)(=O)c1ccc(C(=O)N2CCN(CCCN3CCCC3)CC2)cc1. The van der Waals surface area contributed by atoms with Crippen LogP contribution in [0.25, 0.3) is 0 Å². The Balaban J connectivity index is 1.44. The van der Waals surface area contributed by atoms with Gasteiger partial charge in [-0.2, -0.15) is 0 Å². The molecule has 0 bridgehead atoms. The van der Waals surface area contributed by atoms with Crippen LogP contribution >= 0.6 is 0 Å². The highest BCUT2D eigenvalue weighted by molar-refractivity contribution is 7.89. The molecule has 1 aromatic carbocycles. The molecule has 2 fully saturated rings. The lowest BCUT2D eigenvalue weighted by molar-refractivity contribution is 0.0633. The molecule has 8 heteroatoms. The highest BCUT2D eigenvalue weighted by Gasteiger charge is 2.22. The summed E-state index contributed by atoms with van der Waals surface area (Å²) in [5.74, 6) is -0.0531. The van der Waals surface area contributed by atoms with E-state index in [1.54, 1.807) is 0 Å². The Labute approximate surface area is 155 Å². The maximum absolute atomic E-state index is 12.6. The van der Waals surface area contributed by atoms with E-state index < -0.39 is 10.0 Å². The van der Waals surface area contributed by atoms with Crippen molar-refractivity contribution in [2.75, 3.05) is 52.4 Å². The Hall–Kier alpha value is -1.48. The van der Waals surface area contributed by atoms with Crippen molar-refractivity contribution in [3.63, 3.8) is 0 Å². The first-order chi connectivity index (χ1) is 12.4. The standard InChI is InChI=1S/C18H28N4O3S/c19-26(24,25)17-6-4-16(5-7-17)18(23)22-14-12-21(13-15-22)11-3-10-20-8-1-2-9-20/h4-7H,1-3,8-15H2,(H2,19,24,25). The molecule has 2 heterocycles. The van der Waals surface area contributed by atoms with E-state index >= 15 is 0 Å². The van der Waals surface area contributed by atoms with Crippen LogP contribution in [0.4, 0.5) is 0 Å². The number of nitrogens with zero attached hydrogens (tertiary/aromatic N) is 3. The third kappa shape index (κ3) is 5.03. The molecule has 1 aromatic rings.